The third-order valence-electron chi connectivity index (χ3n) is 4.32. The molecule has 1 aliphatic rings. The van der Waals surface area contributed by atoms with Gasteiger partial charge < -0.3 is 0 Å². The molecule has 120 valence electrons. The molecule has 2 rings (SSSR count). The fraction of sp³-hybridized carbons (Fsp3) is 0.800. The number of sulfone groups is 1. The standard InChI is InChI=1S/C15H27N3O2S/c1-5-14-13(15(6-2)17(3)16-14)10-18-8-7-12(9-18)11-21(4,19)20/h12H,5-11H2,1-4H3. The Kier molecular flexibility index (Phi) is 5.09. The van der Waals surface area contributed by atoms with Gasteiger partial charge in [0.25, 0.3) is 0 Å². The van der Waals surface area contributed by atoms with Gasteiger partial charge in [0, 0.05) is 37.7 Å². The number of likely N-dealkylation sites (tertiary alicyclic amines) is 1. The zero-order valence-corrected chi connectivity index (χ0v) is 14.4. The maximum Gasteiger partial charge on any atom is 0.147 e. The van der Waals surface area contributed by atoms with E-state index in [1.165, 1.54) is 23.2 Å². The van der Waals surface area contributed by atoms with Crippen LogP contribution in [0.1, 0.15) is 37.2 Å². The van der Waals surface area contributed by atoms with Gasteiger partial charge in [0.1, 0.15) is 9.84 Å². The van der Waals surface area contributed by atoms with E-state index in [0.29, 0.717) is 5.75 Å². The zero-order valence-electron chi connectivity index (χ0n) is 13.6. The molecule has 0 bridgehead atoms. The first-order valence-corrected chi connectivity index (χ1v) is 9.83. The first kappa shape index (κ1) is 16.5. The average molecular weight is 313 g/mol. The van der Waals surface area contributed by atoms with Gasteiger partial charge in [-0.05, 0) is 31.7 Å². The van der Waals surface area contributed by atoms with Gasteiger partial charge in [-0.2, -0.15) is 5.10 Å². The fourth-order valence-corrected chi connectivity index (χ4v) is 4.55. The van der Waals surface area contributed by atoms with E-state index in [2.05, 4.69) is 23.8 Å². The predicted molar refractivity (Wildman–Crippen MR) is 85.1 cm³/mol. The van der Waals surface area contributed by atoms with Crippen LogP contribution in [0.15, 0.2) is 0 Å². The Morgan fingerprint density at radius 1 is 1.29 bits per heavy atom. The Hall–Kier alpha value is -0.880. The fourth-order valence-electron chi connectivity index (χ4n) is 3.42. The molecule has 1 fully saturated rings. The molecular formula is C15H27N3O2S. The summed E-state index contributed by atoms with van der Waals surface area (Å²) < 4.78 is 24.8. The molecule has 6 heteroatoms. The molecule has 2 heterocycles. The van der Waals surface area contributed by atoms with Crippen LogP contribution >= 0.6 is 0 Å². The van der Waals surface area contributed by atoms with Gasteiger partial charge in [-0.15, -0.1) is 0 Å². The minimum atomic E-state index is -2.87. The van der Waals surface area contributed by atoms with E-state index in [1.54, 1.807) is 0 Å². The predicted octanol–water partition coefficient (Wildman–Crippen LogP) is 1.41. The number of hydrogen-bond acceptors (Lipinski definition) is 4. The molecule has 0 aliphatic carbocycles. The summed E-state index contributed by atoms with van der Waals surface area (Å²) in [6.07, 6.45) is 4.25. The molecule has 0 aromatic carbocycles. The number of nitrogens with zero attached hydrogens (tertiary/aromatic N) is 3. The van der Waals surface area contributed by atoms with Crippen LogP contribution in [0.2, 0.25) is 0 Å². The molecule has 0 spiro atoms. The summed E-state index contributed by atoms with van der Waals surface area (Å²) in [6.45, 7) is 7.08. The van der Waals surface area contributed by atoms with Crippen LogP contribution in [-0.4, -0.2) is 48.2 Å². The molecule has 1 saturated heterocycles. The van der Waals surface area contributed by atoms with Crippen molar-refractivity contribution in [2.45, 2.75) is 39.7 Å². The second kappa shape index (κ2) is 6.48. The van der Waals surface area contributed by atoms with E-state index in [-0.39, 0.29) is 5.92 Å². The molecule has 1 aliphatic heterocycles. The van der Waals surface area contributed by atoms with Crippen molar-refractivity contribution in [3.63, 3.8) is 0 Å². The highest BCUT2D eigenvalue weighted by molar-refractivity contribution is 7.90. The van der Waals surface area contributed by atoms with E-state index in [0.717, 1.165) is 38.9 Å². The molecule has 0 amide bonds. The summed E-state index contributed by atoms with van der Waals surface area (Å²) in [5, 5.41) is 4.61. The normalized spacial score (nSPS) is 20.3. The van der Waals surface area contributed by atoms with Crippen LogP contribution in [0.5, 0.6) is 0 Å². The summed E-state index contributed by atoms with van der Waals surface area (Å²) >= 11 is 0. The Bertz CT molecular complexity index is 592. The molecular weight excluding hydrogens is 286 g/mol. The lowest BCUT2D eigenvalue weighted by molar-refractivity contribution is 0.318. The van der Waals surface area contributed by atoms with Crippen molar-refractivity contribution in [3.05, 3.63) is 17.0 Å². The van der Waals surface area contributed by atoms with Crippen LogP contribution in [0.4, 0.5) is 0 Å². The summed E-state index contributed by atoms with van der Waals surface area (Å²) in [7, 11) is -0.857. The highest BCUT2D eigenvalue weighted by Gasteiger charge is 2.27. The van der Waals surface area contributed by atoms with Gasteiger partial charge in [0.05, 0.1) is 11.4 Å². The van der Waals surface area contributed by atoms with Crippen molar-refractivity contribution in [1.29, 1.82) is 0 Å². The van der Waals surface area contributed by atoms with Crippen molar-refractivity contribution in [2.24, 2.45) is 13.0 Å². The van der Waals surface area contributed by atoms with Crippen LogP contribution in [0.25, 0.3) is 0 Å². The summed E-state index contributed by atoms with van der Waals surface area (Å²) in [4.78, 5) is 2.38. The van der Waals surface area contributed by atoms with Gasteiger partial charge in [0.2, 0.25) is 0 Å². The van der Waals surface area contributed by atoms with Crippen molar-refractivity contribution in [2.75, 3.05) is 25.1 Å². The van der Waals surface area contributed by atoms with Gasteiger partial charge in [-0.3, -0.25) is 9.58 Å². The van der Waals surface area contributed by atoms with Crippen molar-refractivity contribution in [3.8, 4) is 0 Å². The minimum absolute atomic E-state index is 0.284. The van der Waals surface area contributed by atoms with Crippen molar-refractivity contribution >= 4 is 9.84 Å². The number of aromatic nitrogens is 2. The Labute approximate surface area is 128 Å². The molecule has 1 aromatic heterocycles. The third-order valence-corrected chi connectivity index (χ3v) is 5.39. The number of rotatable bonds is 6. The summed E-state index contributed by atoms with van der Waals surface area (Å²) in [5.41, 5.74) is 3.84. The Balaban J connectivity index is 2.06. The van der Waals surface area contributed by atoms with E-state index in [9.17, 15) is 8.42 Å². The molecule has 21 heavy (non-hydrogen) atoms. The maximum atomic E-state index is 11.4. The second-order valence-corrected chi connectivity index (χ2v) is 8.37. The van der Waals surface area contributed by atoms with Crippen molar-refractivity contribution in [1.82, 2.24) is 14.7 Å². The van der Waals surface area contributed by atoms with E-state index in [4.69, 9.17) is 0 Å². The molecule has 0 N–H and O–H groups in total. The van der Waals surface area contributed by atoms with Gasteiger partial charge >= 0.3 is 0 Å². The molecule has 1 unspecified atom stereocenters. The third kappa shape index (κ3) is 4.07. The molecule has 1 aromatic rings. The van der Waals surface area contributed by atoms with Gasteiger partial charge in [-0.1, -0.05) is 13.8 Å². The topological polar surface area (TPSA) is 55.2 Å². The Morgan fingerprint density at radius 3 is 2.57 bits per heavy atom. The van der Waals surface area contributed by atoms with Crippen LogP contribution in [-0.2, 0) is 36.3 Å². The largest absolute Gasteiger partial charge is 0.299 e. The van der Waals surface area contributed by atoms with Crippen LogP contribution < -0.4 is 0 Å². The van der Waals surface area contributed by atoms with Crippen LogP contribution in [0.3, 0.4) is 0 Å². The highest BCUT2D eigenvalue weighted by atomic mass is 32.2. The monoisotopic (exact) mass is 313 g/mol. The first-order chi connectivity index (χ1) is 9.84. The lowest BCUT2D eigenvalue weighted by atomic mass is 10.1. The highest BCUT2D eigenvalue weighted by Crippen LogP contribution is 2.23. The quantitative estimate of drug-likeness (QED) is 0.797. The molecule has 0 radical (unpaired) electrons. The Morgan fingerprint density at radius 2 is 2.00 bits per heavy atom. The van der Waals surface area contributed by atoms with E-state index >= 15 is 0 Å². The zero-order chi connectivity index (χ0) is 15.6. The summed E-state index contributed by atoms with van der Waals surface area (Å²) in [6, 6.07) is 0. The SMILES string of the molecule is CCc1nn(C)c(CC)c1CN1CCC(CS(C)(=O)=O)C1. The minimum Gasteiger partial charge on any atom is -0.299 e. The summed E-state index contributed by atoms with van der Waals surface area (Å²) in [5.74, 6) is 0.601. The second-order valence-electron chi connectivity index (χ2n) is 6.18. The van der Waals surface area contributed by atoms with Crippen LogP contribution in [0, 0.1) is 5.92 Å². The van der Waals surface area contributed by atoms with Gasteiger partial charge in [0.15, 0.2) is 0 Å². The molecule has 0 saturated carbocycles. The number of hydrogen-bond donors (Lipinski definition) is 0. The lowest BCUT2D eigenvalue weighted by Gasteiger charge is -2.17. The molecule has 1 atom stereocenters. The smallest absolute Gasteiger partial charge is 0.147 e. The lowest BCUT2D eigenvalue weighted by Crippen LogP contribution is -2.23. The van der Waals surface area contributed by atoms with E-state index in [1.807, 2.05) is 11.7 Å². The molecule has 5 nitrogen and oxygen atoms in total. The first-order valence-electron chi connectivity index (χ1n) is 7.77. The van der Waals surface area contributed by atoms with Gasteiger partial charge in [-0.25, -0.2) is 8.42 Å². The maximum absolute atomic E-state index is 11.4. The average Bonchev–Trinajstić information content (AvgIpc) is 2.92. The van der Waals surface area contributed by atoms with E-state index < -0.39 is 9.84 Å². The van der Waals surface area contributed by atoms with Crippen molar-refractivity contribution < 1.29 is 8.42 Å². The number of aryl methyl sites for hydroxylation is 2.